The molecule has 1 aliphatic rings. The summed E-state index contributed by atoms with van der Waals surface area (Å²) in [5, 5.41) is 2.84. The molecule has 0 bridgehead atoms. The van der Waals surface area contributed by atoms with E-state index < -0.39 is 0 Å². The van der Waals surface area contributed by atoms with Gasteiger partial charge < -0.3 is 11.1 Å². The van der Waals surface area contributed by atoms with Crippen LogP contribution in [0.5, 0.6) is 0 Å². The fraction of sp³-hybridized carbons (Fsp3) is 0.909. The summed E-state index contributed by atoms with van der Waals surface area (Å²) in [6.07, 6.45) is 5.03. The van der Waals surface area contributed by atoms with Crippen LogP contribution < -0.4 is 11.1 Å². The van der Waals surface area contributed by atoms with Crippen LogP contribution in [0.1, 0.15) is 32.6 Å². The number of hydrogen-bond donors (Lipinski definition) is 2. The molecular weight excluding hydrogens is 190 g/mol. The molecule has 1 fully saturated rings. The second-order valence-electron chi connectivity index (χ2n) is 4.15. The SMILES string of the molecule is CCNC(=O)CN(CCN)C1CCCC1. The lowest BCUT2D eigenvalue weighted by Crippen LogP contribution is -2.44. The third kappa shape index (κ3) is 4.18. The quantitative estimate of drug-likeness (QED) is 0.668. The highest BCUT2D eigenvalue weighted by atomic mass is 16.2. The molecule has 15 heavy (non-hydrogen) atoms. The lowest BCUT2D eigenvalue weighted by atomic mass is 10.2. The molecule has 0 aromatic heterocycles. The molecule has 0 aromatic carbocycles. The van der Waals surface area contributed by atoms with E-state index in [-0.39, 0.29) is 5.91 Å². The Balaban J connectivity index is 2.38. The minimum absolute atomic E-state index is 0.123. The van der Waals surface area contributed by atoms with E-state index >= 15 is 0 Å². The molecule has 0 spiro atoms. The zero-order valence-electron chi connectivity index (χ0n) is 9.67. The maximum Gasteiger partial charge on any atom is 0.234 e. The van der Waals surface area contributed by atoms with Gasteiger partial charge in [0.2, 0.25) is 5.91 Å². The Morgan fingerprint density at radius 3 is 2.67 bits per heavy atom. The average molecular weight is 213 g/mol. The van der Waals surface area contributed by atoms with Crippen molar-refractivity contribution in [1.29, 1.82) is 0 Å². The molecule has 0 heterocycles. The molecule has 1 aliphatic carbocycles. The van der Waals surface area contributed by atoms with Gasteiger partial charge >= 0.3 is 0 Å². The molecule has 1 amide bonds. The minimum atomic E-state index is 0.123. The van der Waals surface area contributed by atoms with Gasteiger partial charge in [0.15, 0.2) is 0 Å². The van der Waals surface area contributed by atoms with Gasteiger partial charge in [0.1, 0.15) is 0 Å². The molecule has 88 valence electrons. The minimum Gasteiger partial charge on any atom is -0.355 e. The van der Waals surface area contributed by atoms with Crippen molar-refractivity contribution in [3.05, 3.63) is 0 Å². The molecule has 0 saturated heterocycles. The van der Waals surface area contributed by atoms with E-state index in [9.17, 15) is 4.79 Å². The van der Waals surface area contributed by atoms with Gasteiger partial charge in [-0.1, -0.05) is 12.8 Å². The Hall–Kier alpha value is -0.610. The number of hydrogen-bond acceptors (Lipinski definition) is 3. The summed E-state index contributed by atoms with van der Waals surface area (Å²) in [6.45, 7) is 4.63. The maximum absolute atomic E-state index is 11.5. The van der Waals surface area contributed by atoms with Gasteiger partial charge in [-0.2, -0.15) is 0 Å². The van der Waals surface area contributed by atoms with Crippen LogP contribution in [0.3, 0.4) is 0 Å². The first-order valence-electron chi connectivity index (χ1n) is 5.98. The maximum atomic E-state index is 11.5. The number of carbonyl (C=O) groups is 1. The number of rotatable bonds is 6. The standard InChI is InChI=1S/C11H23N3O/c1-2-13-11(15)9-14(8-7-12)10-5-3-4-6-10/h10H,2-9,12H2,1H3,(H,13,15). The van der Waals surface area contributed by atoms with Gasteiger partial charge in [-0.3, -0.25) is 9.69 Å². The van der Waals surface area contributed by atoms with Gasteiger partial charge in [-0.05, 0) is 19.8 Å². The molecule has 0 unspecified atom stereocenters. The number of nitrogens with two attached hydrogens (primary N) is 1. The first-order valence-corrected chi connectivity index (χ1v) is 5.98. The first kappa shape index (κ1) is 12.5. The van der Waals surface area contributed by atoms with Gasteiger partial charge in [-0.15, -0.1) is 0 Å². The summed E-state index contributed by atoms with van der Waals surface area (Å²) < 4.78 is 0. The van der Waals surface area contributed by atoms with Crippen LogP contribution in [-0.4, -0.2) is 43.0 Å². The van der Waals surface area contributed by atoms with Crippen LogP contribution in [0.25, 0.3) is 0 Å². The summed E-state index contributed by atoms with van der Waals surface area (Å²) >= 11 is 0. The molecule has 4 nitrogen and oxygen atoms in total. The van der Waals surface area contributed by atoms with Gasteiger partial charge in [0.25, 0.3) is 0 Å². The first-order chi connectivity index (χ1) is 7.27. The highest BCUT2D eigenvalue weighted by molar-refractivity contribution is 5.77. The normalized spacial score (nSPS) is 17.3. The molecule has 0 aliphatic heterocycles. The van der Waals surface area contributed by atoms with Crippen molar-refractivity contribution in [3.63, 3.8) is 0 Å². The number of nitrogens with zero attached hydrogens (tertiary/aromatic N) is 1. The molecule has 3 N–H and O–H groups in total. The van der Waals surface area contributed by atoms with Crippen molar-refractivity contribution >= 4 is 5.91 Å². The Morgan fingerprint density at radius 1 is 1.47 bits per heavy atom. The lowest BCUT2D eigenvalue weighted by molar-refractivity contribution is -0.122. The van der Waals surface area contributed by atoms with E-state index in [1.807, 2.05) is 6.92 Å². The molecule has 0 atom stereocenters. The van der Waals surface area contributed by atoms with Crippen LogP contribution in [0.2, 0.25) is 0 Å². The smallest absolute Gasteiger partial charge is 0.234 e. The van der Waals surface area contributed by atoms with E-state index in [4.69, 9.17) is 5.73 Å². The number of amides is 1. The fourth-order valence-corrected chi connectivity index (χ4v) is 2.26. The van der Waals surface area contributed by atoms with Crippen molar-refractivity contribution < 1.29 is 4.79 Å². The van der Waals surface area contributed by atoms with Crippen molar-refractivity contribution in [2.24, 2.45) is 5.73 Å². The van der Waals surface area contributed by atoms with Crippen molar-refractivity contribution in [2.75, 3.05) is 26.2 Å². The Morgan fingerprint density at radius 2 is 2.13 bits per heavy atom. The fourth-order valence-electron chi connectivity index (χ4n) is 2.26. The van der Waals surface area contributed by atoms with Crippen molar-refractivity contribution in [1.82, 2.24) is 10.2 Å². The Kier molecular flexibility index (Phi) is 5.65. The van der Waals surface area contributed by atoms with Crippen LogP contribution in [-0.2, 0) is 4.79 Å². The largest absolute Gasteiger partial charge is 0.355 e. The second kappa shape index (κ2) is 6.80. The zero-order valence-corrected chi connectivity index (χ0v) is 9.67. The van der Waals surface area contributed by atoms with Crippen LogP contribution >= 0.6 is 0 Å². The van der Waals surface area contributed by atoms with Crippen molar-refractivity contribution in [3.8, 4) is 0 Å². The van der Waals surface area contributed by atoms with E-state index in [1.54, 1.807) is 0 Å². The van der Waals surface area contributed by atoms with Gasteiger partial charge in [-0.25, -0.2) is 0 Å². The van der Waals surface area contributed by atoms with Crippen LogP contribution in [0, 0.1) is 0 Å². The molecular formula is C11H23N3O. The topological polar surface area (TPSA) is 58.4 Å². The zero-order chi connectivity index (χ0) is 11.1. The monoisotopic (exact) mass is 213 g/mol. The molecule has 0 radical (unpaired) electrons. The molecule has 0 aromatic rings. The second-order valence-corrected chi connectivity index (χ2v) is 4.15. The van der Waals surface area contributed by atoms with Crippen molar-refractivity contribution in [2.45, 2.75) is 38.6 Å². The van der Waals surface area contributed by atoms with Gasteiger partial charge in [0, 0.05) is 25.7 Å². The summed E-state index contributed by atoms with van der Waals surface area (Å²) in [7, 11) is 0. The molecule has 1 saturated carbocycles. The third-order valence-electron chi connectivity index (χ3n) is 2.98. The number of carbonyl (C=O) groups excluding carboxylic acids is 1. The predicted octanol–water partition coefficient (Wildman–Crippen LogP) is 0.326. The summed E-state index contributed by atoms with van der Waals surface area (Å²) in [4.78, 5) is 13.7. The highest BCUT2D eigenvalue weighted by Crippen LogP contribution is 2.22. The summed E-state index contributed by atoms with van der Waals surface area (Å²) in [5.74, 6) is 0.123. The molecule has 1 rings (SSSR count). The Labute approximate surface area is 92.2 Å². The summed E-state index contributed by atoms with van der Waals surface area (Å²) in [6, 6.07) is 0.580. The van der Waals surface area contributed by atoms with Crippen LogP contribution in [0.15, 0.2) is 0 Å². The predicted molar refractivity (Wildman–Crippen MR) is 61.6 cm³/mol. The van der Waals surface area contributed by atoms with E-state index in [0.717, 1.165) is 6.54 Å². The van der Waals surface area contributed by atoms with E-state index in [0.29, 0.717) is 25.7 Å². The third-order valence-corrected chi connectivity index (χ3v) is 2.98. The highest BCUT2D eigenvalue weighted by Gasteiger charge is 2.23. The summed E-state index contributed by atoms with van der Waals surface area (Å²) in [5.41, 5.74) is 5.57. The van der Waals surface area contributed by atoms with E-state index in [1.165, 1.54) is 25.7 Å². The Bertz CT molecular complexity index is 190. The van der Waals surface area contributed by atoms with Crippen LogP contribution in [0.4, 0.5) is 0 Å². The lowest BCUT2D eigenvalue weighted by Gasteiger charge is -2.27. The van der Waals surface area contributed by atoms with Gasteiger partial charge in [0.05, 0.1) is 6.54 Å². The number of nitrogens with one attached hydrogen (secondary N) is 1. The number of likely N-dealkylation sites (N-methyl/N-ethyl adjacent to an activating group) is 1. The molecule has 4 heteroatoms. The van der Waals surface area contributed by atoms with E-state index in [2.05, 4.69) is 10.2 Å². The average Bonchev–Trinajstić information content (AvgIpc) is 2.70.